The van der Waals surface area contributed by atoms with E-state index in [1.54, 1.807) is 0 Å². The number of methoxy groups -OCH3 is 1. The molecule has 0 aliphatic carbocycles. The molecule has 0 aliphatic heterocycles. The lowest BCUT2D eigenvalue weighted by Gasteiger charge is -2.15. The third-order valence-corrected chi connectivity index (χ3v) is 2.38. The lowest BCUT2D eigenvalue weighted by molar-refractivity contribution is -0.167. The van der Waals surface area contributed by atoms with E-state index in [1.165, 1.54) is 25.3 Å². The van der Waals surface area contributed by atoms with Gasteiger partial charge < -0.3 is 20.5 Å². The fourth-order valence-corrected chi connectivity index (χ4v) is 1.31. The zero-order chi connectivity index (χ0) is 16.0. The summed E-state index contributed by atoms with van der Waals surface area (Å²) in [5.41, 5.74) is 6.05. The largest absolute Gasteiger partial charge is 0.497 e. The topological polar surface area (TPSA) is 73.6 Å². The summed E-state index contributed by atoms with van der Waals surface area (Å²) < 4.78 is 57.9. The molecule has 0 spiro atoms. The number of carbonyl (C=O) groups excluding carboxylic acids is 1. The Hall–Kier alpha value is -2.03. The summed E-state index contributed by atoms with van der Waals surface area (Å²) in [5.74, 6) is -4.62. The van der Waals surface area contributed by atoms with Crippen LogP contribution in [-0.4, -0.2) is 38.6 Å². The molecule has 21 heavy (non-hydrogen) atoms. The molecule has 0 heterocycles. The molecule has 0 atom stereocenters. The number of alkyl halides is 4. The van der Waals surface area contributed by atoms with Gasteiger partial charge in [0.05, 0.1) is 18.5 Å². The maximum absolute atomic E-state index is 12.5. The Morgan fingerprint density at radius 2 is 2.10 bits per heavy atom. The van der Waals surface area contributed by atoms with E-state index in [0.717, 1.165) is 0 Å². The highest BCUT2D eigenvalue weighted by atomic mass is 19.3. The molecule has 1 rings (SSSR count). The van der Waals surface area contributed by atoms with Gasteiger partial charge in [0.2, 0.25) is 5.91 Å². The van der Waals surface area contributed by atoms with Crippen molar-refractivity contribution < 1.29 is 31.8 Å². The molecule has 9 heteroatoms. The quantitative estimate of drug-likeness (QED) is 0.598. The maximum Gasteiger partial charge on any atom is 0.330 e. The number of carbonyl (C=O) groups is 1. The van der Waals surface area contributed by atoms with Crippen molar-refractivity contribution in [1.82, 2.24) is 0 Å². The van der Waals surface area contributed by atoms with Gasteiger partial charge in [0, 0.05) is 6.07 Å². The number of nitrogens with two attached hydrogens (primary N) is 1. The first-order valence-corrected chi connectivity index (χ1v) is 5.73. The van der Waals surface area contributed by atoms with Gasteiger partial charge in [-0.2, -0.15) is 8.78 Å². The number of hydrogen-bond acceptors (Lipinski definition) is 4. The highest BCUT2D eigenvalue weighted by molar-refractivity contribution is 5.94. The molecule has 1 amide bonds. The molecule has 0 aromatic heterocycles. The molecule has 0 unspecified atom stereocenters. The van der Waals surface area contributed by atoms with Crippen LogP contribution in [0.4, 0.5) is 28.9 Å². The van der Waals surface area contributed by atoms with Crippen molar-refractivity contribution in [3.63, 3.8) is 0 Å². The lowest BCUT2D eigenvalue weighted by atomic mass is 10.2. The Morgan fingerprint density at radius 3 is 2.62 bits per heavy atom. The summed E-state index contributed by atoms with van der Waals surface area (Å²) in [4.78, 5) is 11.4. The number of hydrogen-bond donors (Lipinski definition) is 2. The number of rotatable bonds is 7. The van der Waals surface area contributed by atoms with Gasteiger partial charge in [-0.3, -0.25) is 4.79 Å². The molecule has 118 valence electrons. The third-order valence-electron chi connectivity index (χ3n) is 2.38. The molecule has 0 bridgehead atoms. The summed E-state index contributed by atoms with van der Waals surface area (Å²) in [5, 5.41) is 2.30. The molecular weight excluding hydrogens is 296 g/mol. The van der Waals surface area contributed by atoms with Gasteiger partial charge in [0.1, 0.15) is 19.0 Å². The van der Waals surface area contributed by atoms with E-state index in [1.807, 2.05) is 0 Å². The second-order valence-corrected chi connectivity index (χ2v) is 4.06. The zero-order valence-corrected chi connectivity index (χ0v) is 11.0. The van der Waals surface area contributed by atoms with Crippen molar-refractivity contribution in [3.05, 3.63) is 18.2 Å². The van der Waals surface area contributed by atoms with E-state index < -0.39 is 31.5 Å². The second-order valence-electron chi connectivity index (χ2n) is 4.06. The number of anilines is 2. The maximum atomic E-state index is 12.5. The van der Waals surface area contributed by atoms with Crippen molar-refractivity contribution in [2.24, 2.45) is 0 Å². The summed E-state index contributed by atoms with van der Waals surface area (Å²) in [6.07, 6.45) is -3.85. The van der Waals surface area contributed by atoms with Crippen LogP contribution >= 0.6 is 0 Å². The van der Waals surface area contributed by atoms with Crippen molar-refractivity contribution >= 4 is 17.3 Å². The minimum Gasteiger partial charge on any atom is -0.497 e. The summed E-state index contributed by atoms with van der Waals surface area (Å²) in [7, 11) is 1.43. The van der Waals surface area contributed by atoms with Gasteiger partial charge in [-0.1, -0.05) is 0 Å². The number of halogens is 4. The van der Waals surface area contributed by atoms with Gasteiger partial charge in [0.25, 0.3) is 0 Å². The minimum atomic E-state index is -4.29. The first-order chi connectivity index (χ1) is 9.76. The molecular formula is C12H14F4N2O3. The van der Waals surface area contributed by atoms with Crippen LogP contribution in [0, 0.1) is 0 Å². The van der Waals surface area contributed by atoms with Crippen LogP contribution in [0.2, 0.25) is 0 Å². The molecule has 3 N–H and O–H groups in total. The summed E-state index contributed by atoms with van der Waals surface area (Å²) in [6.45, 7) is -2.34. The molecule has 0 saturated heterocycles. The Morgan fingerprint density at radius 1 is 1.43 bits per heavy atom. The van der Waals surface area contributed by atoms with Crippen molar-refractivity contribution in [2.75, 3.05) is 31.4 Å². The average molecular weight is 310 g/mol. The number of nitrogen functional groups attached to an aromatic ring is 1. The first-order valence-electron chi connectivity index (χ1n) is 5.73. The standard InChI is InChI=1S/C12H14F4N2O3/c1-20-7-2-3-9(8(17)4-7)18-10(19)5-21-6-12(15,16)11(13)14/h2-4,11H,5-6,17H2,1H3,(H,18,19). The van der Waals surface area contributed by atoms with Crippen LogP contribution in [0.1, 0.15) is 0 Å². The number of amides is 1. The van der Waals surface area contributed by atoms with Crippen molar-refractivity contribution in [1.29, 1.82) is 0 Å². The van der Waals surface area contributed by atoms with Crippen LogP contribution in [0.3, 0.4) is 0 Å². The Bertz CT molecular complexity index is 497. The molecule has 1 aromatic carbocycles. The highest BCUT2D eigenvalue weighted by Gasteiger charge is 2.41. The zero-order valence-electron chi connectivity index (χ0n) is 11.0. The molecule has 0 saturated carbocycles. The van der Waals surface area contributed by atoms with Crippen LogP contribution in [0.5, 0.6) is 5.75 Å². The number of benzene rings is 1. The van der Waals surface area contributed by atoms with E-state index >= 15 is 0 Å². The molecule has 0 aliphatic rings. The Kier molecular flexibility index (Phi) is 5.77. The van der Waals surface area contributed by atoms with Crippen LogP contribution in [0.25, 0.3) is 0 Å². The van der Waals surface area contributed by atoms with Crippen LogP contribution < -0.4 is 15.8 Å². The number of nitrogens with one attached hydrogen (secondary N) is 1. The average Bonchev–Trinajstić information content (AvgIpc) is 2.40. The van der Waals surface area contributed by atoms with Crippen molar-refractivity contribution in [3.8, 4) is 5.75 Å². The van der Waals surface area contributed by atoms with Gasteiger partial charge in [-0.25, -0.2) is 8.78 Å². The highest BCUT2D eigenvalue weighted by Crippen LogP contribution is 2.24. The first kappa shape index (κ1) is 17.0. The van der Waals surface area contributed by atoms with E-state index in [2.05, 4.69) is 10.1 Å². The van der Waals surface area contributed by atoms with E-state index in [4.69, 9.17) is 10.5 Å². The van der Waals surface area contributed by atoms with Crippen LogP contribution in [-0.2, 0) is 9.53 Å². The number of ether oxygens (including phenoxy) is 2. The summed E-state index contributed by atoms with van der Waals surface area (Å²) in [6, 6.07) is 4.42. The second kappa shape index (κ2) is 7.11. The molecule has 0 fully saturated rings. The predicted octanol–water partition coefficient (Wildman–Crippen LogP) is 2.13. The minimum absolute atomic E-state index is 0.195. The fourth-order valence-electron chi connectivity index (χ4n) is 1.31. The third kappa shape index (κ3) is 5.10. The van der Waals surface area contributed by atoms with E-state index in [-0.39, 0.29) is 11.4 Å². The van der Waals surface area contributed by atoms with E-state index in [0.29, 0.717) is 5.75 Å². The lowest BCUT2D eigenvalue weighted by Crippen LogP contribution is -2.34. The Labute approximate surface area is 118 Å². The molecule has 5 nitrogen and oxygen atoms in total. The normalized spacial score (nSPS) is 11.5. The van der Waals surface area contributed by atoms with Gasteiger partial charge in [-0.05, 0) is 12.1 Å². The van der Waals surface area contributed by atoms with Gasteiger partial charge in [0.15, 0.2) is 0 Å². The smallest absolute Gasteiger partial charge is 0.330 e. The molecule has 1 aromatic rings. The SMILES string of the molecule is COc1ccc(NC(=O)COCC(F)(F)C(F)F)c(N)c1. The van der Waals surface area contributed by atoms with Gasteiger partial charge >= 0.3 is 12.3 Å². The molecule has 0 radical (unpaired) electrons. The Balaban J connectivity index is 2.48. The van der Waals surface area contributed by atoms with Crippen molar-refractivity contribution in [2.45, 2.75) is 12.3 Å². The predicted molar refractivity (Wildman–Crippen MR) is 67.8 cm³/mol. The fraction of sp³-hybridized carbons (Fsp3) is 0.417. The monoisotopic (exact) mass is 310 g/mol. The summed E-state index contributed by atoms with van der Waals surface area (Å²) >= 11 is 0. The van der Waals surface area contributed by atoms with E-state index in [9.17, 15) is 22.4 Å². The van der Waals surface area contributed by atoms with Crippen LogP contribution in [0.15, 0.2) is 18.2 Å². The van der Waals surface area contributed by atoms with Gasteiger partial charge in [-0.15, -0.1) is 0 Å².